The summed E-state index contributed by atoms with van der Waals surface area (Å²) in [6, 6.07) is 6.38. The predicted octanol–water partition coefficient (Wildman–Crippen LogP) is 2.65. The van der Waals surface area contributed by atoms with Gasteiger partial charge in [-0.05, 0) is 64.5 Å². The Bertz CT molecular complexity index is 782. The Balaban J connectivity index is 2.72. The third kappa shape index (κ3) is 6.50. The van der Waals surface area contributed by atoms with Gasteiger partial charge in [0.15, 0.2) is 0 Å². The van der Waals surface area contributed by atoms with Crippen molar-refractivity contribution in [3.05, 3.63) is 35.4 Å². The molecule has 0 amide bonds. The first-order chi connectivity index (χ1) is 12.5. The van der Waals surface area contributed by atoms with Crippen LogP contribution in [0.1, 0.15) is 76.7 Å². The summed E-state index contributed by atoms with van der Waals surface area (Å²) in [5.74, 6) is 0. The maximum Gasteiger partial charge on any atom is 0.270 e. The molecule has 10 heteroatoms. The molecular weight excluding hydrogens is 408 g/mol. The Morgan fingerprint density at radius 3 is 1.18 bits per heavy atom. The highest BCUT2D eigenvalue weighted by atomic mass is 32.2. The summed E-state index contributed by atoms with van der Waals surface area (Å²) < 4.78 is 60.9. The summed E-state index contributed by atoms with van der Waals surface area (Å²) >= 11 is 0. The molecule has 0 aliphatic carbocycles. The van der Waals surface area contributed by atoms with E-state index in [4.69, 9.17) is 0 Å². The molecule has 0 bridgehead atoms. The summed E-state index contributed by atoms with van der Waals surface area (Å²) in [6.07, 6.45) is -1.52. The van der Waals surface area contributed by atoms with Crippen LogP contribution in [-0.2, 0) is 20.2 Å². The molecule has 1 rings (SSSR count). The van der Waals surface area contributed by atoms with Crippen molar-refractivity contribution in [3.63, 3.8) is 0 Å². The van der Waals surface area contributed by atoms with Crippen molar-refractivity contribution in [3.8, 4) is 0 Å². The quantitative estimate of drug-likeness (QED) is 0.407. The lowest BCUT2D eigenvalue weighted by Gasteiger charge is -2.23. The molecule has 0 heterocycles. The molecular formula is C18H30O8S2. The zero-order valence-corrected chi connectivity index (χ0v) is 18.2. The van der Waals surface area contributed by atoms with Gasteiger partial charge in [0.1, 0.15) is 0 Å². The second-order valence-electron chi connectivity index (χ2n) is 8.25. The molecule has 1 aromatic carbocycles. The second-order valence-corrected chi connectivity index (χ2v) is 12.4. The average molecular weight is 439 g/mol. The zero-order chi connectivity index (χ0) is 22.0. The first kappa shape index (κ1) is 25.0. The predicted molar refractivity (Wildman–Crippen MR) is 106 cm³/mol. The standard InChI is InChI=1S/C18H30O8S2/c1-17(2,27(21,22)23)11-9-15(19)13-5-7-14(8-6-13)16(20)10-12-18(3,4)28(24,25)26/h5-8,15-16,19-20H,9-12H2,1-4H3,(H,21,22,23)(H,24,25,26). The van der Waals surface area contributed by atoms with Gasteiger partial charge in [-0.1, -0.05) is 24.3 Å². The highest BCUT2D eigenvalue weighted by Gasteiger charge is 2.34. The van der Waals surface area contributed by atoms with Crippen molar-refractivity contribution in [2.45, 2.75) is 75.1 Å². The average Bonchev–Trinajstić information content (AvgIpc) is 2.55. The summed E-state index contributed by atoms with van der Waals surface area (Å²) in [5.41, 5.74) is 1.06. The second kappa shape index (κ2) is 8.76. The van der Waals surface area contributed by atoms with Crippen molar-refractivity contribution < 1.29 is 36.2 Å². The largest absolute Gasteiger partial charge is 0.388 e. The van der Waals surface area contributed by atoms with E-state index in [1.165, 1.54) is 27.7 Å². The first-order valence-corrected chi connectivity index (χ1v) is 11.8. The van der Waals surface area contributed by atoms with Crippen LogP contribution in [0.25, 0.3) is 0 Å². The minimum atomic E-state index is -4.23. The molecule has 0 saturated heterocycles. The van der Waals surface area contributed by atoms with E-state index in [0.717, 1.165) is 0 Å². The monoisotopic (exact) mass is 438 g/mol. The fraction of sp³-hybridized carbons (Fsp3) is 0.667. The third-order valence-electron chi connectivity index (χ3n) is 5.14. The molecule has 28 heavy (non-hydrogen) atoms. The first-order valence-electron chi connectivity index (χ1n) is 8.88. The number of aliphatic hydroxyl groups is 2. The van der Waals surface area contributed by atoms with Gasteiger partial charge in [0.2, 0.25) is 0 Å². The fourth-order valence-electron chi connectivity index (χ4n) is 2.50. The molecule has 8 nitrogen and oxygen atoms in total. The molecule has 0 radical (unpaired) electrons. The van der Waals surface area contributed by atoms with E-state index in [0.29, 0.717) is 11.1 Å². The van der Waals surface area contributed by atoms with Gasteiger partial charge in [0.25, 0.3) is 20.2 Å². The molecule has 1 aromatic rings. The Morgan fingerprint density at radius 1 is 0.714 bits per heavy atom. The minimum absolute atomic E-state index is 0.0576. The number of hydrogen-bond donors (Lipinski definition) is 4. The van der Waals surface area contributed by atoms with Crippen molar-refractivity contribution in [2.24, 2.45) is 0 Å². The summed E-state index contributed by atoms with van der Waals surface area (Å²) in [4.78, 5) is 0. The number of aliphatic hydroxyl groups excluding tert-OH is 2. The van der Waals surface area contributed by atoms with E-state index < -0.39 is 41.9 Å². The van der Waals surface area contributed by atoms with Crippen LogP contribution >= 0.6 is 0 Å². The SMILES string of the molecule is CC(C)(CCC(O)c1ccc(C(O)CCC(C)(C)S(=O)(=O)O)cc1)S(=O)(=O)O. The van der Waals surface area contributed by atoms with E-state index in [1.54, 1.807) is 24.3 Å². The molecule has 0 saturated carbocycles. The van der Waals surface area contributed by atoms with E-state index in [9.17, 15) is 36.2 Å². The van der Waals surface area contributed by atoms with E-state index in [-0.39, 0.29) is 25.7 Å². The molecule has 162 valence electrons. The molecule has 2 atom stereocenters. The van der Waals surface area contributed by atoms with Crippen molar-refractivity contribution in [1.82, 2.24) is 0 Å². The topological polar surface area (TPSA) is 149 Å². The lowest BCUT2D eigenvalue weighted by atomic mass is 9.95. The smallest absolute Gasteiger partial charge is 0.270 e. The van der Waals surface area contributed by atoms with Crippen LogP contribution in [0.4, 0.5) is 0 Å². The Labute approximate surface area is 167 Å². The van der Waals surface area contributed by atoms with Gasteiger partial charge < -0.3 is 10.2 Å². The van der Waals surface area contributed by atoms with Crippen molar-refractivity contribution >= 4 is 20.2 Å². The summed E-state index contributed by atoms with van der Waals surface area (Å²) in [5, 5.41) is 20.5. The molecule has 0 aromatic heterocycles. The minimum Gasteiger partial charge on any atom is -0.388 e. The molecule has 0 aliphatic heterocycles. The lowest BCUT2D eigenvalue weighted by molar-refractivity contribution is 0.156. The number of rotatable bonds is 10. The van der Waals surface area contributed by atoms with Gasteiger partial charge in [-0.2, -0.15) is 16.8 Å². The van der Waals surface area contributed by atoms with Gasteiger partial charge in [-0.25, -0.2) is 0 Å². The molecule has 2 unspecified atom stereocenters. The number of hydrogen-bond acceptors (Lipinski definition) is 6. The molecule has 0 fully saturated rings. The Kier molecular flexibility index (Phi) is 7.82. The van der Waals surface area contributed by atoms with Gasteiger partial charge in [-0.15, -0.1) is 0 Å². The molecule has 0 aliphatic rings. The van der Waals surface area contributed by atoms with Crippen molar-refractivity contribution in [2.75, 3.05) is 0 Å². The van der Waals surface area contributed by atoms with Gasteiger partial charge >= 0.3 is 0 Å². The van der Waals surface area contributed by atoms with Gasteiger partial charge in [0, 0.05) is 0 Å². The zero-order valence-electron chi connectivity index (χ0n) is 16.5. The normalized spacial score (nSPS) is 16.0. The van der Waals surface area contributed by atoms with Gasteiger partial charge in [-0.3, -0.25) is 9.11 Å². The van der Waals surface area contributed by atoms with Crippen LogP contribution in [0.2, 0.25) is 0 Å². The highest BCUT2D eigenvalue weighted by molar-refractivity contribution is 7.87. The van der Waals surface area contributed by atoms with Crippen LogP contribution in [0.5, 0.6) is 0 Å². The third-order valence-corrected chi connectivity index (χ3v) is 8.34. The Morgan fingerprint density at radius 2 is 0.964 bits per heavy atom. The Hall–Kier alpha value is -1.04. The molecule has 0 spiro atoms. The van der Waals surface area contributed by atoms with Crippen LogP contribution in [0, 0.1) is 0 Å². The summed E-state index contributed by atoms with van der Waals surface area (Å²) in [6.45, 7) is 5.51. The fourth-order valence-corrected chi connectivity index (χ4v) is 3.25. The van der Waals surface area contributed by atoms with E-state index in [1.807, 2.05) is 0 Å². The highest BCUT2D eigenvalue weighted by Crippen LogP contribution is 2.30. The maximum absolute atomic E-state index is 11.3. The van der Waals surface area contributed by atoms with E-state index in [2.05, 4.69) is 0 Å². The maximum atomic E-state index is 11.3. The van der Waals surface area contributed by atoms with Crippen LogP contribution in [0.15, 0.2) is 24.3 Å². The van der Waals surface area contributed by atoms with Crippen LogP contribution in [-0.4, -0.2) is 45.6 Å². The van der Waals surface area contributed by atoms with Crippen LogP contribution < -0.4 is 0 Å². The summed E-state index contributed by atoms with van der Waals surface area (Å²) in [7, 11) is -8.46. The lowest BCUT2D eigenvalue weighted by Crippen LogP contribution is -2.31. The van der Waals surface area contributed by atoms with Crippen LogP contribution in [0.3, 0.4) is 0 Å². The molecule has 4 N–H and O–H groups in total. The van der Waals surface area contributed by atoms with Crippen molar-refractivity contribution in [1.29, 1.82) is 0 Å². The number of benzene rings is 1. The van der Waals surface area contributed by atoms with Gasteiger partial charge in [0.05, 0.1) is 21.7 Å². The van der Waals surface area contributed by atoms with E-state index >= 15 is 0 Å².